The van der Waals surface area contributed by atoms with Crippen LogP contribution in [-0.2, 0) is 0 Å². The third-order valence-electron chi connectivity index (χ3n) is 1.69. The Morgan fingerprint density at radius 3 is 2.62 bits per heavy atom. The Morgan fingerprint density at radius 1 is 1.23 bits per heavy atom. The zero-order chi connectivity index (χ0) is 9.42. The molecule has 1 aromatic carbocycles. The van der Waals surface area contributed by atoms with Crippen molar-refractivity contribution < 1.29 is 0 Å². The largest absolute Gasteiger partial charge is 0.313 e. The van der Waals surface area contributed by atoms with Gasteiger partial charge in [0.25, 0.3) is 5.56 Å². The number of rotatable bonds is 0. The molecule has 0 amide bonds. The van der Waals surface area contributed by atoms with Crippen molar-refractivity contribution in [3.8, 4) is 0 Å². The first-order chi connectivity index (χ1) is 6.20. The molecular weight excluding hydrogens is 211 g/mol. The van der Waals surface area contributed by atoms with Crippen molar-refractivity contribution >= 4 is 34.1 Å². The summed E-state index contributed by atoms with van der Waals surface area (Å²) in [5.41, 5.74) is 0.149. The van der Waals surface area contributed by atoms with E-state index in [2.05, 4.69) is 9.97 Å². The van der Waals surface area contributed by atoms with Gasteiger partial charge in [-0.25, -0.2) is 4.98 Å². The first kappa shape index (κ1) is 8.53. The molecule has 0 aliphatic carbocycles. The number of halogens is 2. The monoisotopic (exact) mass is 214 g/mol. The highest BCUT2D eigenvalue weighted by atomic mass is 35.5. The van der Waals surface area contributed by atoms with Gasteiger partial charge in [-0.3, -0.25) is 4.79 Å². The van der Waals surface area contributed by atoms with Gasteiger partial charge in [-0.1, -0.05) is 23.2 Å². The molecule has 2 rings (SSSR count). The smallest absolute Gasteiger partial charge is 0.260 e. The maximum absolute atomic E-state index is 11.3. The van der Waals surface area contributed by atoms with E-state index in [-0.39, 0.29) is 5.56 Å². The Bertz CT molecular complexity index is 521. The number of H-pyrrole nitrogens is 1. The SMILES string of the molecule is O=c1[nH]cnc2c(Cl)ccc(Cl)c12. The molecule has 2 aromatic rings. The van der Waals surface area contributed by atoms with Crippen molar-refractivity contribution in [1.29, 1.82) is 0 Å². The molecule has 0 atom stereocenters. The van der Waals surface area contributed by atoms with Crippen molar-refractivity contribution in [2.24, 2.45) is 0 Å². The van der Waals surface area contributed by atoms with E-state index in [0.29, 0.717) is 20.9 Å². The quantitative estimate of drug-likeness (QED) is 0.732. The van der Waals surface area contributed by atoms with Crippen LogP contribution in [0.25, 0.3) is 10.9 Å². The van der Waals surface area contributed by atoms with Crippen LogP contribution in [0, 0.1) is 0 Å². The van der Waals surface area contributed by atoms with E-state index in [4.69, 9.17) is 23.2 Å². The number of hydrogen-bond acceptors (Lipinski definition) is 2. The number of aromatic nitrogens is 2. The maximum Gasteiger partial charge on any atom is 0.260 e. The second-order valence-corrected chi connectivity index (χ2v) is 3.30. The summed E-state index contributed by atoms with van der Waals surface area (Å²) < 4.78 is 0. The first-order valence-corrected chi connectivity index (χ1v) is 4.27. The number of nitrogens with zero attached hydrogens (tertiary/aromatic N) is 1. The van der Waals surface area contributed by atoms with Gasteiger partial charge in [0.15, 0.2) is 0 Å². The van der Waals surface area contributed by atoms with Crippen LogP contribution in [0.1, 0.15) is 0 Å². The number of nitrogens with one attached hydrogen (secondary N) is 1. The number of fused-ring (bicyclic) bond motifs is 1. The van der Waals surface area contributed by atoms with E-state index < -0.39 is 0 Å². The Labute approximate surface area is 83.3 Å². The lowest BCUT2D eigenvalue weighted by molar-refractivity contribution is 1.17. The van der Waals surface area contributed by atoms with Crippen molar-refractivity contribution in [3.05, 3.63) is 38.9 Å². The summed E-state index contributed by atoms with van der Waals surface area (Å²) in [6.07, 6.45) is 1.30. The van der Waals surface area contributed by atoms with Gasteiger partial charge in [0.1, 0.15) is 0 Å². The molecule has 13 heavy (non-hydrogen) atoms. The van der Waals surface area contributed by atoms with Gasteiger partial charge in [0.05, 0.1) is 27.3 Å². The summed E-state index contributed by atoms with van der Waals surface area (Å²) in [5.74, 6) is 0. The zero-order valence-electron chi connectivity index (χ0n) is 6.34. The van der Waals surface area contributed by atoms with Crippen molar-refractivity contribution in [2.45, 2.75) is 0 Å². The van der Waals surface area contributed by atoms with Gasteiger partial charge < -0.3 is 4.98 Å². The molecule has 0 fully saturated rings. The fourth-order valence-electron chi connectivity index (χ4n) is 1.11. The summed E-state index contributed by atoms with van der Waals surface area (Å²) in [6, 6.07) is 3.18. The van der Waals surface area contributed by atoms with E-state index in [1.165, 1.54) is 6.33 Å². The summed E-state index contributed by atoms with van der Waals surface area (Å²) >= 11 is 11.6. The minimum atomic E-state index is -0.280. The molecule has 1 N–H and O–H groups in total. The molecule has 0 radical (unpaired) electrons. The molecule has 0 saturated carbocycles. The Hall–Kier alpha value is -1.06. The third-order valence-corrected chi connectivity index (χ3v) is 2.31. The van der Waals surface area contributed by atoms with Gasteiger partial charge in [-0.05, 0) is 12.1 Å². The summed E-state index contributed by atoms with van der Waals surface area (Å²) in [5, 5.41) is 1.11. The van der Waals surface area contributed by atoms with E-state index >= 15 is 0 Å². The Morgan fingerprint density at radius 2 is 1.92 bits per heavy atom. The minimum absolute atomic E-state index is 0.280. The lowest BCUT2D eigenvalue weighted by Crippen LogP contribution is -2.06. The van der Waals surface area contributed by atoms with Gasteiger partial charge in [-0.15, -0.1) is 0 Å². The molecule has 5 heteroatoms. The van der Waals surface area contributed by atoms with Crippen LogP contribution in [0.4, 0.5) is 0 Å². The number of hydrogen-bond donors (Lipinski definition) is 1. The van der Waals surface area contributed by atoms with E-state index in [1.54, 1.807) is 12.1 Å². The second-order valence-electron chi connectivity index (χ2n) is 2.48. The average Bonchev–Trinajstić information content (AvgIpc) is 2.12. The second kappa shape index (κ2) is 3.01. The summed E-state index contributed by atoms with van der Waals surface area (Å²) in [6.45, 7) is 0. The third kappa shape index (κ3) is 1.30. The van der Waals surface area contributed by atoms with Gasteiger partial charge in [0, 0.05) is 0 Å². The van der Waals surface area contributed by atoms with Crippen LogP contribution in [0.3, 0.4) is 0 Å². The number of aromatic amines is 1. The highest BCUT2D eigenvalue weighted by Gasteiger charge is 2.06. The topological polar surface area (TPSA) is 45.8 Å². The van der Waals surface area contributed by atoms with Crippen LogP contribution in [0.15, 0.2) is 23.3 Å². The average molecular weight is 215 g/mol. The predicted octanol–water partition coefficient (Wildman–Crippen LogP) is 2.23. The molecule has 0 bridgehead atoms. The van der Waals surface area contributed by atoms with Crippen LogP contribution < -0.4 is 5.56 Å². The molecule has 0 saturated heterocycles. The Kier molecular flexibility index (Phi) is 1.98. The predicted molar refractivity (Wildman–Crippen MR) is 52.4 cm³/mol. The molecular formula is C8H4Cl2N2O. The lowest BCUT2D eigenvalue weighted by atomic mass is 10.2. The molecule has 3 nitrogen and oxygen atoms in total. The fraction of sp³-hybridized carbons (Fsp3) is 0. The Balaban J connectivity index is 3.09. The highest BCUT2D eigenvalue weighted by Crippen LogP contribution is 2.24. The van der Waals surface area contributed by atoms with Crippen LogP contribution in [0.2, 0.25) is 10.0 Å². The number of benzene rings is 1. The van der Waals surface area contributed by atoms with Gasteiger partial charge in [0.2, 0.25) is 0 Å². The molecule has 1 heterocycles. The molecule has 0 spiro atoms. The van der Waals surface area contributed by atoms with Crippen molar-refractivity contribution in [3.63, 3.8) is 0 Å². The van der Waals surface area contributed by atoms with Crippen LogP contribution in [0.5, 0.6) is 0 Å². The summed E-state index contributed by atoms with van der Waals surface area (Å²) in [7, 11) is 0. The molecule has 0 aliphatic heterocycles. The first-order valence-electron chi connectivity index (χ1n) is 3.51. The minimum Gasteiger partial charge on any atom is -0.313 e. The fourth-order valence-corrected chi connectivity index (χ4v) is 1.56. The standard InChI is InChI=1S/C8H4Cl2N2O/c9-4-1-2-5(10)7-6(4)8(13)12-3-11-7/h1-3H,(H,11,12,13). The normalized spacial score (nSPS) is 10.6. The van der Waals surface area contributed by atoms with Crippen LogP contribution >= 0.6 is 23.2 Å². The van der Waals surface area contributed by atoms with Gasteiger partial charge >= 0.3 is 0 Å². The van der Waals surface area contributed by atoms with E-state index in [0.717, 1.165) is 0 Å². The maximum atomic E-state index is 11.3. The lowest BCUT2D eigenvalue weighted by Gasteiger charge is -1.99. The van der Waals surface area contributed by atoms with E-state index in [9.17, 15) is 4.79 Å². The molecule has 66 valence electrons. The van der Waals surface area contributed by atoms with Gasteiger partial charge in [-0.2, -0.15) is 0 Å². The van der Waals surface area contributed by atoms with Crippen LogP contribution in [-0.4, -0.2) is 9.97 Å². The van der Waals surface area contributed by atoms with E-state index in [1.807, 2.05) is 0 Å². The molecule has 0 aliphatic rings. The zero-order valence-corrected chi connectivity index (χ0v) is 7.86. The molecule has 0 unspecified atom stereocenters. The summed E-state index contributed by atoms with van der Waals surface area (Å²) in [4.78, 5) is 17.7. The van der Waals surface area contributed by atoms with Crippen molar-refractivity contribution in [2.75, 3.05) is 0 Å². The molecule has 1 aromatic heterocycles. The van der Waals surface area contributed by atoms with Crippen molar-refractivity contribution in [1.82, 2.24) is 9.97 Å². The highest BCUT2D eigenvalue weighted by molar-refractivity contribution is 6.39.